The Hall–Kier alpha value is -1.81. The molecule has 2 aliphatic rings. The highest BCUT2D eigenvalue weighted by Gasteiger charge is 2.49. The van der Waals surface area contributed by atoms with Crippen molar-refractivity contribution in [1.82, 2.24) is 4.90 Å². The number of nitrogens with one attached hydrogen (secondary N) is 1. The smallest absolute Gasteiger partial charge is 0.236 e. The predicted octanol–water partition coefficient (Wildman–Crippen LogP) is 3.98. The number of carbonyl (C=O) groups is 2. The van der Waals surface area contributed by atoms with Crippen molar-refractivity contribution in [3.63, 3.8) is 0 Å². The number of halogens is 1. The molecule has 0 saturated carbocycles. The average Bonchev–Trinajstić information content (AvgIpc) is 2.55. The van der Waals surface area contributed by atoms with Gasteiger partial charge in [-0.2, -0.15) is 0 Å². The van der Waals surface area contributed by atoms with E-state index in [0.717, 1.165) is 25.0 Å². The molecule has 1 atom stereocenters. The number of benzene rings is 1. The number of carbonyl (C=O) groups excluding carboxylic acids is 2. The first-order valence-corrected chi connectivity index (χ1v) is 8.52. The van der Waals surface area contributed by atoms with Gasteiger partial charge in [0.1, 0.15) is 0 Å². The van der Waals surface area contributed by atoms with E-state index in [-0.39, 0.29) is 11.8 Å². The minimum atomic E-state index is -0.593. The molecular weight excluding hydrogens is 312 g/mol. The molecule has 3 rings (SSSR count). The number of nitrogens with zero attached hydrogens (tertiary/aromatic N) is 1. The van der Waals surface area contributed by atoms with Gasteiger partial charge in [-0.05, 0) is 50.8 Å². The van der Waals surface area contributed by atoms with Gasteiger partial charge in [0, 0.05) is 29.4 Å². The second-order valence-corrected chi connectivity index (χ2v) is 6.60. The van der Waals surface area contributed by atoms with Crippen molar-refractivity contribution in [2.75, 3.05) is 11.9 Å². The summed E-state index contributed by atoms with van der Waals surface area (Å²) in [7, 11) is 0. The van der Waals surface area contributed by atoms with Crippen LogP contribution in [0.1, 0.15) is 39.0 Å². The van der Waals surface area contributed by atoms with E-state index in [1.165, 1.54) is 0 Å². The minimum Gasteiger partial charge on any atom is -0.325 e. The van der Waals surface area contributed by atoms with Gasteiger partial charge < -0.3 is 10.2 Å². The molecule has 2 amide bonds. The topological polar surface area (TPSA) is 49.4 Å². The lowest BCUT2D eigenvalue weighted by atomic mass is 9.69. The van der Waals surface area contributed by atoms with E-state index < -0.39 is 5.41 Å². The number of fused-ring (bicyclic) bond motifs is 1. The van der Waals surface area contributed by atoms with E-state index in [1.54, 1.807) is 17.0 Å². The number of hydrogen-bond donors (Lipinski definition) is 1. The number of piperidine rings is 1. The van der Waals surface area contributed by atoms with E-state index in [1.807, 2.05) is 19.1 Å². The summed E-state index contributed by atoms with van der Waals surface area (Å²) in [6.07, 6.45) is 5.76. The number of amides is 2. The molecule has 1 aromatic rings. The van der Waals surface area contributed by atoms with Gasteiger partial charge in [0.15, 0.2) is 0 Å². The normalized spacial score (nSPS) is 24.0. The van der Waals surface area contributed by atoms with E-state index in [2.05, 4.69) is 11.4 Å². The maximum atomic E-state index is 13.1. The molecule has 0 radical (unpaired) electrons. The summed E-state index contributed by atoms with van der Waals surface area (Å²) in [4.78, 5) is 27.0. The molecule has 0 bridgehead atoms. The summed E-state index contributed by atoms with van der Waals surface area (Å²) in [6, 6.07) is 7.17. The molecule has 1 aliphatic heterocycles. The monoisotopic (exact) mass is 332 g/mol. The summed E-state index contributed by atoms with van der Waals surface area (Å²) in [5.74, 6) is 0.0866. The Morgan fingerprint density at radius 3 is 2.96 bits per heavy atom. The first-order valence-electron chi connectivity index (χ1n) is 8.15. The number of likely N-dealkylation sites (tertiary alicyclic amines) is 1. The van der Waals surface area contributed by atoms with Crippen LogP contribution in [-0.4, -0.2) is 23.3 Å². The maximum Gasteiger partial charge on any atom is 0.236 e. The predicted molar refractivity (Wildman–Crippen MR) is 91.1 cm³/mol. The number of anilines is 1. The Morgan fingerprint density at radius 2 is 2.22 bits per heavy atom. The third-order valence-corrected chi connectivity index (χ3v) is 5.06. The summed E-state index contributed by atoms with van der Waals surface area (Å²) in [6.45, 7) is 2.56. The summed E-state index contributed by atoms with van der Waals surface area (Å²) in [5, 5.41) is 3.59. The number of allylic oxidation sites excluding steroid dienone is 1. The summed E-state index contributed by atoms with van der Waals surface area (Å²) >= 11 is 6.00. The van der Waals surface area contributed by atoms with Crippen LogP contribution in [0.2, 0.25) is 5.02 Å². The standard InChI is InChI=1S/C18H21ClN2O2/c1-2-21-15-8-3-4-10-18(15,11-9-16(21)22)17(23)20-14-7-5-6-13(19)12-14/h5-8,12H,2-4,9-11H2,1H3,(H,20,23). The Morgan fingerprint density at radius 1 is 1.39 bits per heavy atom. The van der Waals surface area contributed by atoms with Gasteiger partial charge in [0.25, 0.3) is 0 Å². The van der Waals surface area contributed by atoms with Crippen molar-refractivity contribution >= 4 is 29.1 Å². The molecule has 1 aliphatic carbocycles. The Kier molecular flexibility index (Phi) is 4.44. The fraction of sp³-hybridized carbons (Fsp3) is 0.444. The number of hydrogen-bond acceptors (Lipinski definition) is 2. The van der Waals surface area contributed by atoms with Crippen LogP contribution >= 0.6 is 11.6 Å². The SMILES string of the molecule is CCN1C(=O)CCC2(C(=O)Nc3cccc(Cl)c3)CCCC=C12. The Bertz CT molecular complexity index is 671. The van der Waals surface area contributed by atoms with Crippen molar-refractivity contribution in [2.45, 2.75) is 39.0 Å². The summed E-state index contributed by atoms with van der Waals surface area (Å²) in [5.41, 5.74) is 0.994. The van der Waals surface area contributed by atoms with Crippen molar-refractivity contribution in [1.29, 1.82) is 0 Å². The molecule has 23 heavy (non-hydrogen) atoms. The number of rotatable bonds is 3. The molecule has 0 spiro atoms. The minimum absolute atomic E-state index is 0.0309. The second-order valence-electron chi connectivity index (χ2n) is 6.17. The molecule has 4 nitrogen and oxygen atoms in total. The fourth-order valence-corrected chi connectivity index (χ4v) is 3.87. The van der Waals surface area contributed by atoms with Gasteiger partial charge in [-0.3, -0.25) is 9.59 Å². The van der Waals surface area contributed by atoms with Crippen molar-refractivity contribution in [3.8, 4) is 0 Å². The highest BCUT2D eigenvalue weighted by Crippen LogP contribution is 2.47. The molecule has 122 valence electrons. The van der Waals surface area contributed by atoms with Crippen molar-refractivity contribution in [3.05, 3.63) is 41.1 Å². The van der Waals surface area contributed by atoms with E-state index in [4.69, 9.17) is 11.6 Å². The first kappa shape index (κ1) is 16.1. The zero-order valence-electron chi connectivity index (χ0n) is 13.3. The lowest BCUT2D eigenvalue weighted by Crippen LogP contribution is -2.51. The van der Waals surface area contributed by atoms with Crippen LogP contribution in [0.15, 0.2) is 36.0 Å². The quantitative estimate of drug-likeness (QED) is 0.910. The third-order valence-electron chi connectivity index (χ3n) is 4.83. The van der Waals surface area contributed by atoms with E-state index in [0.29, 0.717) is 30.1 Å². The fourth-order valence-electron chi connectivity index (χ4n) is 3.68. The van der Waals surface area contributed by atoms with Gasteiger partial charge in [-0.1, -0.05) is 23.7 Å². The van der Waals surface area contributed by atoms with Crippen molar-refractivity contribution < 1.29 is 9.59 Å². The van der Waals surface area contributed by atoms with Crippen LogP contribution in [0, 0.1) is 5.41 Å². The van der Waals surface area contributed by atoms with Gasteiger partial charge in [0.05, 0.1) is 5.41 Å². The van der Waals surface area contributed by atoms with Crippen LogP contribution in [-0.2, 0) is 9.59 Å². The molecule has 1 heterocycles. The van der Waals surface area contributed by atoms with Crippen molar-refractivity contribution in [2.24, 2.45) is 5.41 Å². The van der Waals surface area contributed by atoms with E-state index >= 15 is 0 Å². The van der Waals surface area contributed by atoms with Crippen LogP contribution < -0.4 is 5.32 Å². The molecule has 1 fully saturated rings. The first-order chi connectivity index (χ1) is 11.1. The van der Waals surface area contributed by atoms with Crippen LogP contribution in [0.25, 0.3) is 0 Å². The maximum absolute atomic E-state index is 13.1. The largest absolute Gasteiger partial charge is 0.325 e. The van der Waals surface area contributed by atoms with Crippen LogP contribution in [0.3, 0.4) is 0 Å². The van der Waals surface area contributed by atoms with Gasteiger partial charge in [-0.25, -0.2) is 0 Å². The Balaban J connectivity index is 1.91. The molecule has 1 N–H and O–H groups in total. The highest BCUT2D eigenvalue weighted by molar-refractivity contribution is 6.30. The van der Waals surface area contributed by atoms with E-state index in [9.17, 15) is 9.59 Å². The molecule has 1 saturated heterocycles. The summed E-state index contributed by atoms with van der Waals surface area (Å²) < 4.78 is 0. The molecule has 0 aromatic heterocycles. The molecule has 1 unspecified atom stereocenters. The second kappa shape index (κ2) is 6.36. The zero-order valence-corrected chi connectivity index (χ0v) is 14.0. The molecular formula is C18H21ClN2O2. The van der Waals surface area contributed by atoms with Crippen LogP contribution in [0.5, 0.6) is 0 Å². The highest BCUT2D eigenvalue weighted by atomic mass is 35.5. The zero-order chi connectivity index (χ0) is 16.4. The lowest BCUT2D eigenvalue weighted by Gasteiger charge is -2.45. The molecule has 5 heteroatoms. The molecule has 1 aromatic carbocycles. The van der Waals surface area contributed by atoms with Crippen LogP contribution in [0.4, 0.5) is 5.69 Å². The van der Waals surface area contributed by atoms with Gasteiger partial charge in [-0.15, -0.1) is 0 Å². The Labute approximate surface area is 141 Å². The third kappa shape index (κ3) is 2.88. The van der Waals surface area contributed by atoms with Gasteiger partial charge in [0.2, 0.25) is 11.8 Å². The average molecular weight is 333 g/mol. The van der Waals surface area contributed by atoms with Gasteiger partial charge >= 0.3 is 0 Å². The lowest BCUT2D eigenvalue weighted by molar-refractivity contribution is -0.138.